The molecule has 1 aliphatic heterocycles. The number of carbonyl (C=O) groups is 1. The van der Waals surface area contributed by atoms with E-state index in [1.165, 1.54) is 0 Å². The largest absolute Gasteiger partial charge is 0.439 e. The van der Waals surface area contributed by atoms with E-state index in [1.54, 1.807) is 4.57 Å². The van der Waals surface area contributed by atoms with Crippen LogP contribution in [0.15, 0.2) is 62.6 Å². The van der Waals surface area contributed by atoms with Crippen LogP contribution in [0.25, 0.3) is 22.5 Å². The number of amides is 1. The molecule has 0 bridgehead atoms. The second-order valence-corrected chi connectivity index (χ2v) is 10.0. The normalized spacial score (nSPS) is 13.2. The lowest BCUT2D eigenvalue weighted by molar-refractivity contribution is -0.129. The van der Waals surface area contributed by atoms with Gasteiger partial charge in [0.15, 0.2) is 5.82 Å². The third-order valence-electron chi connectivity index (χ3n) is 7.32. The molecule has 1 N–H and O–H groups in total. The molecule has 9 heteroatoms. The maximum absolute atomic E-state index is 13.7. The second-order valence-electron chi connectivity index (χ2n) is 10.0. The third-order valence-corrected chi connectivity index (χ3v) is 7.32. The monoisotopic (exact) mass is 527 g/mol. The summed E-state index contributed by atoms with van der Waals surface area (Å²) in [5.41, 5.74) is 4.54. The number of nitrogens with zero attached hydrogens (tertiary/aromatic N) is 4. The van der Waals surface area contributed by atoms with Crippen molar-refractivity contribution in [2.45, 2.75) is 58.9 Å². The van der Waals surface area contributed by atoms with E-state index in [0.717, 1.165) is 66.9 Å². The van der Waals surface area contributed by atoms with Crippen molar-refractivity contribution in [3.8, 4) is 22.5 Å². The molecule has 0 aliphatic carbocycles. The summed E-state index contributed by atoms with van der Waals surface area (Å²) in [6.45, 7) is 5.84. The molecule has 0 spiro atoms. The first-order valence-electron chi connectivity index (χ1n) is 13.6. The van der Waals surface area contributed by atoms with Gasteiger partial charge in [-0.05, 0) is 42.9 Å². The van der Waals surface area contributed by atoms with Crippen molar-refractivity contribution in [2.24, 2.45) is 0 Å². The number of unbranched alkanes of at least 4 members (excludes halogenated alkanes) is 1. The van der Waals surface area contributed by atoms with Crippen LogP contribution in [-0.4, -0.2) is 43.6 Å². The molecule has 9 nitrogen and oxygen atoms in total. The molecule has 0 radical (unpaired) electrons. The maximum atomic E-state index is 13.7. The van der Waals surface area contributed by atoms with E-state index < -0.39 is 5.76 Å². The minimum Gasteiger partial charge on any atom is -0.342 e. The van der Waals surface area contributed by atoms with Gasteiger partial charge >= 0.3 is 5.76 Å². The molecule has 3 heterocycles. The molecule has 2 aromatic carbocycles. The van der Waals surface area contributed by atoms with E-state index in [4.69, 9.17) is 9.51 Å². The molecule has 0 atom stereocenters. The minimum absolute atomic E-state index is 0.00108. The van der Waals surface area contributed by atoms with Crippen LogP contribution in [0.5, 0.6) is 0 Å². The Morgan fingerprint density at radius 3 is 2.41 bits per heavy atom. The van der Waals surface area contributed by atoms with Crippen molar-refractivity contribution in [1.82, 2.24) is 24.6 Å². The van der Waals surface area contributed by atoms with Crippen LogP contribution in [0.4, 0.5) is 0 Å². The fourth-order valence-electron chi connectivity index (χ4n) is 5.14. The van der Waals surface area contributed by atoms with Gasteiger partial charge in [-0.1, -0.05) is 67.0 Å². The lowest BCUT2D eigenvalue weighted by atomic mass is 9.98. The number of rotatable bonds is 9. The second kappa shape index (κ2) is 11.6. The number of hydrogen-bond donors (Lipinski definition) is 1. The standard InChI is InChI=1S/C30H33N5O4/c1-3-4-11-26-31-20(2)25(18-27(36)34-16-7-8-17-34)29(37)35(26)19-21-12-14-22(15-13-21)23-9-5-6-10-24(23)28-32-30(38)39-33-28/h5-6,9-10,12-15H,3-4,7-8,11,16-19H2,1-2H3,(H,32,33,38). The quantitative estimate of drug-likeness (QED) is 0.350. The van der Waals surface area contributed by atoms with E-state index >= 15 is 0 Å². The lowest BCUT2D eigenvalue weighted by Crippen LogP contribution is -2.35. The Morgan fingerprint density at radius 2 is 1.74 bits per heavy atom. The Labute approximate surface area is 226 Å². The summed E-state index contributed by atoms with van der Waals surface area (Å²) in [7, 11) is 0. The Kier molecular flexibility index (Phi) is 7.86. The van der Waals surface area contributed by atoms with Gasteiger partial charge in [0, 0.05) is 36.3 Å². The Morgan fingerprint density at radius 1 is 1.03 bits per heavy atom. The molecule has 2 aromatic heterocycles. The van der Waals surface area contributed by atoms with E-state index in [9.17, 15) is 14.4 Å². The third kappa shape index (κ3) is 5.77. The van der Waals surface area contributed by atoms with Crippen LogP contribution >= 0.6 is 0 Å². The van der Waals surface area contributed by atoms with Crippen LogP contribution < -0.4 is 11.3 Å². The highest BCUT2D eigenvalue weighted by atomic mass is 16.5. The fourth-order valence-corrected chi connectivity index (χ4v) is 5.14. The average Bonchev–Trinajstić information content (AvgIpc) is 3.64. The Bertz CT molecular complexity index is 1580. The van der Waals surface area contributed by atoms with Crippen molar-refractivity contribution in [1.29, 1.82) is 0 Å². The summed E-state index contributed by atoms with van der Waals surface area (Å²) in [4.78, 5) is 47.3. The van der Waals surface area contributed by atoms with Crippen LogP contribution in [0.3, 0.4) is 0 Å². The van der Waals surface area contributed by atoms with Gasteiger partial charge in [0.2, 0.25) is 5.91 Å². The van der Waals surface area contributed by atoms with Crippen LogP contribution in [0, 0.1) is 6.92 Å². The van der Waals surface area contributed by atoms with Gasteiger partial charge in [0.25, 0.3) is 5.56 Å². The number of aromatic amines is 1. The summed E-state index contributed by atoms with van der Waals surface area (Å²) < 4.78 is 6.43. The highest BCUT2D eigenvalue weighted by Crippen LogP contribution is 2.30. The molecule has 5 rings (SSSR count). The molecule has 1 aliphatic rings. The highest BCUT2D eigenvalue weighted by Gasteiger charge is 2.22. The molecular weight excluding hydrogens is 494 g/mol. The molecular formula is C30H33N5O4. The lowest BCUT2D eigenvalue weighted by Gasteiger charge is -2.18. The number of H-pyrrole nitrogens is 1. The molecule has 0 unspecified atom stereocenters. The van der Waals surface area contributed by atoms with Crippen molar-refractivity contribution >= 4 is 5.91 Å². The summed E-state index contributed by atoms with van der Waals surface area (Å²) in [5.74, 6) is 0.515. The maximum Gasteiger partial charge on any atom is 0.439 e. The van der Waals surface area contributed by atoms with E-state index in [0.29, 0.717) is 30.0 Å². The van der Waals surface area contributed by atoms with Crippen molar-refractivity contribution in [2.75, 3.05) is 13.1 Å². The Balaban J connectivity index is 1.45. The Hall–Kier alpha value is -4.27. The summed E-state index contributed by atoms with van der Waals surface area (Å²) in [6.07, 6.45) is 4.74. The van der Waals surface area contributed by atoms with Gasteiger partial charge in [-0.25, -0.2) is 9.78 Å². The molecule has 1 saturated heterocycles. The first kappa shape index (κ1) is 26.3. The predicted octanol–water partition coefficient (Wildman–Crippen LogP) is 4.12. The van der Waals surface area contributed by atoms with Gasteiger partial charge in [-0.15, -0.1) is 0 Å². The average molecular weight is 528 g/mol. The van der Waals surface area contributed by atoms with Gasteiger partial charge in [-0.3, -0.25) is 23.7 Å². The van der Waals surface area contributed by atoms with Crippen LogP contribution in [-0.2, 0) is 24.2 Å². The van der Waals surface area contributed by atoms with E-state index in [-0.39, 0.29) is 17.9 Å². The SMILES string of the molecule is CCCCc1nc(C)c(CC(=O)N2CCCC2)c(=O)n1Cc1ccc(-c2ccccc2-c2noc(=O)[nH]2)cc1. The number of carbonyl (C=O) groups excluding carboxylic acids is 1. The van der Waals surface area contributed by atoms with E-state index in [1.807, 2.05) is 60.4 Å². The van der Waals surface area contributed by atoms with Gasteiger partial charge in [0.1, 0.15) is 5.82 Å². The van der Waals surface area contributed by atoms with Crippen LogP contribution in [0.2, 0.25) is 0 Å². The highest BCUT2D eigenvalue weighted by molar-refractivity contribution is 5.80. The number of benzene rings is 2. The predicted molar refractivity (Wildman–Crippen MR) is 148 cm³/mol. The molecule has 202 valence electrons. The molecule has 0 saturated carbocycles. The van der Waals surface area contributed by atoms with Gasteiger partial charge in [-0.2, -0.15) is 0 Å². The van der Waals surface area contributed by atoms with Crippen molar-refractivity contribution < 1.29 is 9.32 Å². The first-order chi connectivity index (χ1) is 18.9. The topological polar surface area (TPSA) is 114 Å². The van der Waals surface area contributed by atoms with E-state index in [2.05, 4.69) is 17.1 Å². The summed E-state index contributed by atoms with van der Waals surface area (Å²) in [5, 5.41) is 3.84. The smallest absolute Gasteiger partial charge is 0.342 e. The molecule has 1 amide bonds. The molecule has 4 aromatic rings. The first-order valence-corrected chi connectivity index (χ1v) is 13.6. The zero-order valence-corrected chi connectivity index (χ0v) is 22.4. The fraction of sp³-hybridized carbons (Fsp3) is 0.367. The number of nitrogens with one attached hydrogen (secondary N) is 1. The number of aryl methyl sites for hydroxylation is 2. The number of aromatic nitrogens is 4. The number of likely N-dealkylation sites (tertiary alicyclic amines) is 1. The van der Waals surface area contributed by atoms with Gasteiger partial charge < -0.3 is 4.90 Å². The minimum atomic E-state index is -0.604. The van der Waals surface area contributed by atoms with Crippen LogP contribution in [0.1, 0.15) is 55.3 Å². The molecule has 1 fully saturated rings. The molecule has 39 heavy (non-hydrogen) atoms. The zero-order valence-electron chi connectivity index (χ0n) is 22.4. The van der Waals surface area contributed by atoms with Crippen molar-refractivity contribution in [3.63, 3.8) is 0 Å². The van der Waals surface area contributed by atoms with Crippen molar-refractivity contribution in [3.05, 3.63) is 92.1 Å². The van der Waals surface area contributed by atoms with Gasteiger partial charge in [0.05, 0.1) is 13.0 Å². The summed E-state index contributed by atoms with van der Waals surface area (Å²) >= 11 is 0. The zero-order chi connectivity index (χ0) is 27.4. The number of hydrogen-bond acceptors (Lipinski definition) is 6. The summed E-state index contributed by atoms with van der Waals surface area (Å²) in [6, 6.07) is 15.6.